The number of aliphatic hydroxyl groups excluding tert-OH is 1. The average molecular weight is 550 g/mol. The first kappa shape index (κ1) is 28.2. The van der Waals surface area contributed by atoms with E-state index in [0.29, 0.717) is 39.6 Å². The lowest BCUT2D eigenvalue weighted by atomic mass is 10.1. The smallest absolute Gasteiger partial charge is 0.284 e. The lowest BCUT2D eigenvalue weighted by molar-refractivity contribution is -0.141. The van der Waals surface area contributed by atoms with Crippen LogP contribution in [0.4, 0.5) is 4.39 Å². The maximum atomic E-state index is 14.1. The molecule has 2 aromatic carbocycles. The first-order valence-corrected chi connectivity index (χ1v) is 14.0. The number of methoxy groups -OCH3 is 1. The lowest BCUT2D eigenvalue weighted by Gasteiger charge is -2.25. The van der Waals surface area contributed by atoms with Crippen molar-refractivity contribution in [3.05, 3.63) is 81.1 Å². The number of carbonyl (C=O) groups excluding carboxylic acids is 2. The van der Waals surface area contributed by atoms with Gasteiger partial charge in [0.25, 0.3) is 11.8 Å². The third kappa shape index (κ3) is 7.81. The van der Waals surface area contributed by atoms with E-state index in [1.165, 1.54) is 18.1 Å². The lowest BCUT2D eigenvalue weighted by Crippen LogP contribution is -2.36. The number of carbonyl (C=O) groups is 2. The van der Waals surface area contributed by atoms with Crippen LogP contribution < -0.4 is 9.46 Å². The number of ether oxygens (including phenoxy) is 1. The van der Waals surface area contributed by atoms with Gasteiger partial charge in [-0.1, -0.05) is 30.3 Å². The summed E-state index contributed by atoms with van der Waals surface area (Å²) >= 11 is 1.14. The molecule has 37 heavy (non-hydrogen) atoms. The van der Waals surface area contributed by atoms with Crippen LogP contribution >= 0.6 is 11.3 Å². The number of aryl methyl sites for hydroxylation is 2. The fourth-order valence-corrected chi connectivity index (χ4v) is 5.02. The van der Waals surface area contributed by atoms with Crippen LogP contribution in [-0.4, -0.2) is 55.1 Å². The highest BCUT2D eigenvalue weighted by atomic mass is 32.2. The summed E-state index contributed by atoms with van der Waals surface area (Å²) in [6.07, 6.45) is 0.180. The van der Waals surface area contributed by atoms with Gasteiger partial charge in [0.2, 0.25) is 10.0 Å². The Labute approximate surface area is 219 Å². The number of thiazole rings is 1. The van der Waals surface area contributed by atoms with Gasteiger partial charge in [-0.25, -0.2) is 22.5 Å². The van der Waals surface area contributed by atoms with E-state index < -0.39 is 27.9 Å². The summed E-state index contributed by atoms with van der Waals surface area (Å²) in [5.41, 5.74) is 0.823. The minimum Gasteiger partial charge on any atom is -0.497 e. The van der Waals surface area contributed by atoms with Gasteiger partial charge in [0.1, 0.15) is 22.3 Å². The number of hydrogen-bond acceptors (Lipinski definition) is 8. The molecule has 0 aliphatic rings. The Hall–Kier alpha value is -3.35. The number of halogens is 1. The van der Waals surface area contributed by atoms with Crippen molar-refractivity contribution in [1.82, 2.24) is 14.6 Å². The van der Waals surface area contributed by atoms with Gasteiger partial charge in [0.15, 0.2) is 6.10 Å². The summed E-state index contributed by atoms with van der Waals surface area (Å²) < 4.78 is 43.9. The van der Waals surface area contributed by atoms with Crippen molar-refractivity contribution in [3.63, 3.8) is 0 Å². The van der Waals surface area contributed by atoms with E-state index in [9.17, 15) is 27.5 Å². The number of sulfonamides is 1. The number of nitrogens with zero attached hydrogens (tertiary/aromatic N) is 2. The summed E-state index contributed by atoms with van der Waals surface area (Å²) in [6.45, 7) is 1.78. The van der Waals surface area contributed by atoms with E-state index >= 15 is 0 Å². The van der Waals surface area contributed by atoms with Crippen LogP contribution in [0.2, 0.25) is 0 Å². The van der Waals surface area contributed by atoms with Crippen LogP contribution in [0.15, 0.2) is 48.5 Å². The van der Waals surface area contributed by atoms with Crippen LogP contribution in [0.5, 0.6) is 5.75 Å². The van der Waals surface area contributed by atoms with E-state index in [4.69, 9.17) is 4.74 Å². The van der Waals surface area contributed by atoms with Crippen molar-refractivity contribution in [2.24, 2.45) is 0 Å². The summed E-state index contributed by atoms with van der Waals surface area (Å²) in [4.78, 5) is 31.7. The molecule has 0 fully saturated rings. The fourth-order valence-electron chi connectivity index (χ4n) is 3.64. The SMILES string of the molecule is COc1ccc([C@@H](O)C(=O)N(CCCc2ccccc2F)Cc2nc(C(=O)NS(C)(=O)=O)c(C)s2)cc1. The van der Waals surface area contributed by atoms with E-state index in [-0.39, 0.29) is 24.6 Å². The van der Waals surface area contributed by atoms with Gasteiger partial charge in [0.05, 0.1) is 19.9 Å². The normalized spacial score (nSPS) is 12.1. The summed E-state index contributed by atoms with van der Waals surface area (Å²) in [5, 5.41) is 11.2. The van der Waals surface area contributed by atoms with Crippen LogP contribution in [0.25, 0.3) is 0 Å². The molecule has 2 amide bonds. The summed E-state index contributed by atoms with van der Waals surface area (Å²) in [5.74, 6) is -1.22. The van der Waals surface area contributed by atoms with Crippen molar-refractivity contribution >= 4 is 33.2 Å². The van der Waals surface area contributed by atoms with Gasteiger partial charge in [-0.3, -0.25) is 9.59 Å². The third-order valence-corrected chi connectivity index (χ3v) is 6.98. The number of benzene rings is 2. The summed E-state index contributed by atoms with van der Waals surface area (Å²) in [7, 11) is -2.27. The van der Waals surface area contributed by atoms with Crippen LogP contribution in [-0.2, 0) is 27.8 Å². The second-order valence-electron chi connectivity index (χ2n) is 8.35. The Bertz CT molecular complexity index is 1360. The van der Waals surface area contributed by atoms with Crippen LogP contribution in [0.3, 0.4) is 0 Å². The molecule has 12 heteroatoms. The molecular weight excluding hydrogens is 521 g/mol. The highest BCUT2D eigenvalue weighted by Crippen LogP contribution is 2.24. The van der Waals surface area contributed by atoms with E-state index in [1.807, 2.05) is 4.72 Å². The third-order valence-electron chi connectivity index (χ3n) is 5.47. The predicted molar refractivity (Wildman–Crippen MR) is 137 cm³/mol. The number of rotatable bonds is 11. The van der Waals surface area contributed by atoms with Gasteiger partial charge in [-0.15, -0.1) is 11.3 Å². The molecule has 0 aliphatic carbocycles. The molecule has 1 heterocycles. The second-order valence-corrected chi connectivity index (χ2v) is 11.4. The van der Waals surface area contributed by atoms with Gasteiger partial charge in [0, 0.05) is 11.4 Å². The minimum atomic E-state index is -3.78. The van der Waals surface area contributed by atoms with Crippen molar-refractivity contribution in [1.29, 1.82) is 0 Å². The number of aliphatic hydroxyl groups is 1. The molecular formula is C25H28FN3O6S2. The molecule has 3 aromatic rings. The first-order valence-electron chi connectivity index (χ1n) is 11.3. The van der Waals surface area contributed by atoms with E-state index in [2.05, 4.69) is 4.98 Å². The first-order chi connectivity index (χ1) is 17.5. The van der Waals surface area contributed by atoms with Gasteiger partial charge in [-0.05, 0) is 49.1 Å². The molecule has 0 spiro atoms. The molecule has 0 aliphatic heterocycles. The van der Waals surface area contributed by atoms with E-state index in [1.54, 1.807) is 49.4 Å². The Morgan fingerprint density at radius 2 is 1.86 bits per heavy atom. The van der Waals surface area contributed by atoms with E-state index in [0.717, 1.165) is 17.6 Å². The maximum absolute atomic E-state index is 14.1. The molecule has 9 nitrogen and oxygen atoms in total. The zero-order valence-corrected chi connectivity index (χ0v) is 22.2. The standard InChI is InChI=1S/C25H28FN3O6S2/c1-16-22(24(31)28-37(3,33)34)27-21(36-16)15-29(14-6-8-17-7-4-5-9-20(17)26)25(32)23(30)18-10-12-19(35-2)13-11-18/h4-5,7,9-13,23,30H,6,8,14-15H2,1-3H3,(H,28,31)/t23-/m1/s1. The molecule has 1 atom stereocenters. The number of hydrogen-bond donors (Lipinski definition) is 2. The Balaban J connectivity index is 1.81. The van der Waals surface area contributed by atoms with Crippen molar-refractivity contribution in [2.45, 2.75) is 32.4 Å². The van der Waals surface area contributed by atoms with Gasteiger partial charge in [-0.2, -0.15) is 0 Å². The Morgan fingerprint density at radius 1 is 1.19 bits per heavy atom. The highest BCUT2D eigenvalue weighted by molar-refractivity contribution is 7.89. The zero-order chi connectivity index (χ0) is 27.2. The molecule has 0 saturated carbocycles. The van der Waals surface area contributed by atoms with Crippen molar-refractivity contribution in [2.75, 3.05) is 19.9 Å². The van der Waals surface area contributed by atoms with Crippen LogP contribution in [0.1, 0.15) is 44.0 Å². The molecule has 0 saturated heterocycles. The monoisotopic (exact) mass is 549 g/mol. The number of nitrogens with one attached hydrogen (secondary N) is 1. The van der Waals surface area contributed by atoms with Crippen LogP contribution in [0, 0.1) is 12.7 Å². The van der Waals surface area contributed by atoms with Gasteiger partial charge >= 0.3 is 0 Å². The van der Waals surface area contributed by atoms with Gasteiger partial charge < -0.3 is 14.7 Å². The number of aromatic nitrogens is 1. The predicted octanol–water partition coefficient (Wildman–Crippen LogP) is 2.98. The Morgan fingerprint density at radius 3 is 2.49 bits per heavy atom. The highest BCUT2D eigenvalue weighted by Gasteiger charge is 2.26. The summed E-state index contributed by atoms with van der Waals surface area (Å²) in [6, 6.07) is 12.8. The molecule has 1 aromatic heterocycles. The zero-order valence-electron chi connectivity index (χ0n) is 20.6. The Kier molecular flexibility index (Phi) is 9.35. The molecule has 2 N–H and O–H groups in total. The maximum Gasteiger partial charge on any atom is 0.284 e. The number of amides is 2. The largest absolute Gasteiger partial charge is 0.497 e. The quantitative estimate of drug-likeness (QED) is 0.377. The molecule has 0 radical (unpaired) electrons. The molecule has 3 rings (SSSR count). The van der Waals surface area contributed by atoms with Crippen molar-refractivity contribution in [3.8, 4) is 5.75 Å². The van der Waals surface area contributed by atoms with Crippen molar-refractivity contribution < 1.29 is 32.2 Å². The fraction of sp³-hybridized carbons (Fsp3) is 0.320. The topological polar surface area (TPSA) is 126 Å². The molecule has 198 valence electrons. The molecule has 0 bridgehead atoms. The average Bonchev–Trinajstić information content (AvgIpc) is 3.22. The molecule has 0 unspecified atom stereocenters. The minimum absolute atomic E-state index is 0.0268. The second kappa shape index (κ2) is 12.3.